The molecule has 0 atom stereocenters. The second kappa shape index (κ2) is 5.74. The normalized spacial score (nSPS) is 18.3. The third-order valence-electron chi connectivity index (χ3n) is 4.39. The van der Waals surface area contributed by atoms with Gasteiger partial charge in [-0.25, -0.2) is 0 Å². The Morgan fingerprint density at radius 3 is 2.58 bits per heavy atom. The van der Waals surface area contributed by atoms with Crippen LogP contribution in [0.5, 0.6) is 0 Å². The van der Waals surface area contributed by atoms with Crippen molar-refractivity contribution in [2.75, 3.05) is 11.9 Å². The average molecular weight is 264 g/mol. The summed E-state index contributed by atoms with van der Waals surface area (Å²) in [6, 6.07) is 0. The van der Waals surface area contributed by atoms with E-state index < -0.39 is 0 Å². The molecule has 5 nitrogen and oxygen atoms in total. The van der Waals surface area contributed by atoms with E-state index in [9.17, 15) is 4.79 Å². The van der Waals surface area contributed by atoms with Crippen LogP contribution in [0.1, 0.15) is 49.8 Å². The smallest absolute Gasteiger partial charge is 0.226 e. The van der Waals surface area contributed by atoms with E-state index in [4.69, 9.17) is 5.73 Å². The van der Waals surface area contributed by atoms with Crippen molar-refractivity contribution >= 4 is 11.7 Å². The predicted octanol–water partition coefficient (Wildman–Crippen LogP) is 2.26. The minimum Gasteiger partial charge on any atom is -0.330 e. The van der Waals surface area contributed by atoms with Crippen LogP contribution in [0, 0.1) is 19.3 Å². The fourth-order valence-electron chi connectivity index (χ4n) is 2.88. The van der Waals surface area contributed by atoms with Crippen molar-refractivity contribution in [3.63, 3.8) is 0 Å². The molecule has 1 heterocycles. The maximum absolute atomic E-state index is 12.2. The van der Waals surface area contributed by atoms with Gasteiger partial charge in [-0.2, -0.15) is 5.10 Å². The number of aryl methyl sites for hydroxylation is 1. The molecule has 106 valence electrons. The van der Waals surface area contributed by atoms with Gasteiger partial charge in [0.1, 0.15) is 0 Å². The Kier molecular flexibility index (Phi) is 4.24. The molecule has 1 aromatic rings. The molecule has 0 unspecified atom stereocenters. The molecule has 0 aromatic carbocycles. The number of rotatable bonds is 4. The lowest BCUT2D eigenvalue weighted by atomic mass is 9.71. The Bertz CT molecular complexity index is 446. The molecule has 1 aromatic heterocycles. The molecule has 0 saturated heterocycles. The summed E-state index contributed by atoms with van der Waals surface area (Å²) in [6.07, 6.45) is 6.27. The van der Waals surface area contributed by atoms with E-state index in [1.807, 2.05) is 13.8 Å². The maximum Gasteiger partial charge on any atom is 0.226 e. The quantitative estimate of drug-likeness (QED) is 0.780. The van der Waals surface area contributed by atoms with Crippen molar-refractivity contribution in [3.8, 4) is 0 Å². The van der Waals surface area contributed by atoms with E-state index in [0.29, 0.717) is 18.8 Å². The number of nitrogens with zero attached hydrogens (tertiary/aromatic N) is 1. The van der Waals surface area contributed by atoms with E-state index >= 15 is 0 Å². The Balaban J connectivity index is 1.98. The molecule has 1 aliphatic rings. The minimum absolute atomic E-state index is 0.00158. The topological polar surface area (TPSA) is 83.8 Å². The van der Waals surface area contributed by atoms with Crippen LogP contribution in [0.25, 0.3) is 0 Å². The van der Waals surface area contributed by atoms with Gasteiger partial charge in [0.05, 0.1) is 0 Å². The Morgan fingerprint density at radius 1 is 1.37 bits per heavy atom. The largest absolute Gasteiger partial charge is 0.330 e. The van der Waals surface area contributed by atoms with Crippen molar-refractivity contribution in [1.29, 1.82) is 0 Å². The van der Waals surface area contributed by atoms with Gasteiger partial charge < -0.3 is 11.1 Å². The first kappa shape index (κ1) is 14.1. The number of aromatic nitrogens is 2. The van der Waals surface area contributed by atoms with Gasteiger partial charge in [-0.05, 0) is 38.6 Å². The maximum atomic E-state index is 12.2. The molecule has 1 fully saturated rings. The SMILES string of the molecule is Cc1[nH]nc(NC(=O)CC2(CN)CCCCC2)c1C. The molecular weight excluding hydrogens is 240 g/mol. The number of carbonyl (C=O) groups is 1. The number of nitrogens with two attached hydrogens (primary N) is 1. The molecular formula is C14H24N4O. The van der Waals surface area contributed by atoms with Crippen molar-refractivity contribution in [2.24, 2.45) is 11.1 Å². The second-order valence-electron chi connectivity index (χ2n) is 5.81. The molecule has 1 amide bonds. The van der Waals surface area contributed by atoms with E-state index in [-0.39, 0.29) is 11.3 Å². The monoisotopic (exact) mass is 264 g/mol. The molecule has 1 aliphatic carbocycles. The first-order chi connectivity index (χ1) is 9.06. The van der Waals surface area contributed by atoms with E-state index in [1.54, 1.807) is 0 Å². The molecule has 0 radical (unpaired) electrons. The summed E-state index contributed by atoms with van der Waals surface area (Å²) in [4.78, 5) is 12.2. The number of hydrogen-bond donors (Lipinski definition) is 3. The molecule has 19 heavy (non-hydrogen) atoms. The Hall–Kier alpha value is -1.36. The van der Waals surface area contributed by atoms with Gasteiger partial charge in [-0.1, -0.05) is 19.3 Å². The first-order valence-electron chi connectivity index (χ1n) is 7.08. The minimum atomic E-state index is 0.00158. The molecule has 0 bridgehead atoms. The zero-order valence-electron chi connectivity index (χ0n) is 11.9. The van der Waals surface area contributed by atoms with Gasteiger partial charge in [0.2, 0.25) is 5.91 Å². The first-order valence-corrected chi connectivity index (χ1v) is 7.08. The molecule has 5 heteroatoms. The Labute approximate surface area is 114 Å². The summed E-state index contributed by atoms with van der Waals surface area (Å²) in [6.45, 7) is 4.49. The van der Waals surface area contributed by atoms with Gasteiger partial charge in [-0.15, -0.1) is 0 Å². The van der Waals surface area contributed by atoms with Crippen LogP contribution in [0.15, 0.2) is 0 Å². The lowest BCUT2D eigenvalue weighted by Gasteiger charge is -2.35. The van der Waals surface area contributed by atoms with Crippen LogP contribution in [0.4, 0.5) is 5.82 Å². The van der Waals surface area contributed by atoms with Crippen molar-refractivity contribution in [3.05, 3.63) is 11.3 Å². The summed E-state index contributed by atoms with van der Waals surface area (Å²) in [7, 11) is 0. The number of aromatic amines is 1. The number of nitrogens with one attached hydrogen (secondary N) is 2. The van der Waals surface area contributed by atoms with Crippen LogP contribution < -0.4 is 11.1 Å². The van der Waals surface area contributed by atoms with E-state index in [1.165, 1.54) is 19.3 Å². The van der Waals surface area contributed by atoms with E-state index in [2.05, 4.69) is 15.5 Å². The van der Waals surface area contributed by atoms with Crippen molar-refractivity contribution < 1.29 is 4.79 Å². The highest BCUT2D eigenvalue weighted by molar-refractivity contribution is 5.91. The fourth-order valence-corrected chi connectivity index (χ4v) is 2.88. The fraction of sp³-hybridized carbons (Fsp3) is 0.714. The number of hydrogen-bond acceptors (Lipinski definition) is 3. The summed E-state index contributed by atoms with van der Waals surface area (Å²) in [5.41, 5.74) is 7.90. The van der Waals surface area contributed by atoms with Crippen LogP contribution in [0.2, 0.25) is 0 Å². The molecule has 0 aliphatic heterocycles. The zero-order chi connectivity index (χ0) is 13.9. The lowest BCUT2D eigenvalue weighted by molar-refractivity contribution is -0.118. The summed E-state index contributed by atoms with van der Waals surface area (Å²) >= 11 is 0. The van der Waals surface area contributed by atoms with Crippen LogP contribution >= 0.6 is 0 Å². The highest BCUT2D eigenvalue weighted by atomic mass is 16.1. The number of H-pyrrole nitrogens is 1. The van der Waals surface area contributed by atoms with Gasteiger partial charge in [0.15, 0.2) is 5.82 Å². The third kappa shape index (κ3) is 3.15. The highest BCUT2D eigenvalue weighted by Crippen LogP contribution is 2.38. The summed E-state index contributed by atoms with van der Waals surface area (Å²) in [5.74, 6) is 0.674. The number of anilines is 1. The van der Waals surface area contributed by atoms with Crippen LogP contribution in [0.3, 0.4) is 0 Å². The van der Waals surface area contributed by atoms with Crippen LogP contribution in [-0.4, -0.2) is 22.6 Å². The lowest BCUT2D eigenvalue weighted by Crippen LogP contribution is -2.36. The molecule has 2 rings (SSSR count). The molecule has 1 saturated carbocycles. The predicted molar refractivity (Wildman–Crippen MR) is 75.9 cm³/mol. The molecule has 0 spiro atoms. The number of carbonyl (C=O) groups excluding carboxylic acids is 1. The summed E-state index contributed by atoms with van der Waals surface area (Å²) in [5, 5.41) is 9.89. The second-order valence-corrected chi connectivity index (χ2v) is 5.81. The van der Waals surface area contributed by atoms with E-state index in [0.717, 1.165) is 24.1 Å². The summed E-state index contributed by atoms with van der Waals surface area (Å²) < 4.78 is 0. The van der Waals surface area contributed by atoms with Crippen molar-refractivity contribution in [2.45, 2.75) is 52.4 Å². The zero-order valence-corrected chi connectivity index (χ0v) is 11.9. The van der Waals surface area contributed by atoms with Gasteiger partial charge in [0.25, 0.3) is 0 Å². The van der Waals surface area contributed by atoms with Gasteiger partial charge >= 0.3 is 0 Å². The van der Waals surface area contributed by atoms with Gasteiger partial charge in [0, 0.05) is 17.7 Å². The third-order valence-corrected chi connectivity index (χ3v) is 4.39. The van der Waals surface area contributed by atoms with Crippen LogP contribution in [-0.2, 0) is 4.79 Å². The Morgan fingerprint density at radius 2 is 2.05 bits per heavy atom. The van der Waals surface area contributed by atoms with Gasteiger partial charge in [-0.3, -0.25) is 9.89 Å². The average Bonchev–Trinajstić information content (AvgIpc) is 2.72. The number of amides is 1. The van der Waals surface area contributed by atoms with Crippen molar-refractivity contribution in [1.82, 2.24) is 10.2 Å². The highest BCUT2D eigenvalue weighted by Gasteiger charge is 2.33. The standard InChI is InChI=1S/C14H24N4O/c1-10-11(2)17-18-13(10)16-12(19)8-14(9-15)6-4-3-5-7-14/h3-9,15H2,1-2H3,(H2,16,17,18,19). The molecule has 4 N–H and O–H groups in total.